The van der Waals surface area contributed by atoms with Crippen LogP contribution < -0.4 is 0 Å². The van der Waals surface area contributed by atoms with Crippen LogP contribution in [0.5, 0.6) is 0 Å². The zero-order valence-corrected chi connectivity index (χ0v) is 41.7. The van der Waals surface area contributed by atoms with Crippen LogP contribution in [0.2, 0.25) is 17.7 Å². The summed E-state index contributed by atoms with van der Waals surface area (Å²) in [5, 5.41) is 0. The third-order valence-electron chi connectivity index (χ3n) is 11.0. The van der Waals surface area contributed by atoms with Gasteiger partial charge in [0.2, 0.25) is 0 Å². The molecule has 0 aromatic rings. The molecule has 0 amide bonds. The number of carbonyl (C=O) groups is 2. The van der Waals surface area contributed by atoms with Crippen molar-refractivity contribution in [2.24, 2.45) is 11.8 Å². The molecule has 0 N–H and O–H groups in total. The molecule has 0 radical (unpaired) electrons. The van der Waals surface area contributed by atoms with E-state index in [1.165, 1.54) is 116 Å². The molecule has 0 saturated heterocycles. The number of carbonyl (C=O) groups excluding carboxylic acids is 2. The van der Waals surface area contributed by atoms with Crippen molar-refractivity contribution >= 4 is 52.3 Å². The van der Waals surface area contributed by atoms with Gasteiger partial charge in [-0.2, -0.15) is 0 Å². The molecular formula is C44H88O4Sn2. The predicted octanol–water partition coefficient (Wildman–Crippen LogP) is 14.4. The van der Waals surface area contributed by atoms with E-state index >= 15 is 0 Å². The van der Waals surface area contributed by atoms with Crippen molar-refractivity contribution in [3.63, 3.8) is 0 Å². The summed E-state index contributed by atoms with van der Waals surface area (Å²) in [6.07, 6.45) is 30.0. The molecule has 0 heterocycles. The van der Waals surface area contributed by atoms with Gasteiger partial charge in [-0.05, 0) is 0 Å². The summed E-state index contributed by atoms with van der Waals surface area (Å²) in [7, 11) is 0. The summed E-state index contributed by atoms with van der Waals surface area (Å²) < 4.78 is 18.1. The Hall–Kier alpha value is 0.277. The van der Waals surface area contributed by atoms with Gasteiger partial charge in [-0.15, -0.1) is 0 Å². The second-order valence-corrected chi connectivity index (χ2v) is 30.7. The zero-order chi connectivity index (χ0) is 37.2. The van der Waals surface area contributed by atoms with Crippen molar-refractivity contribution in [2.75, 3.05) is 0 Å². The van der Waals surface area contributed by atoms with Gasteiger partial charge in [0.1, 0.15) is 0 Å². The van der Waals surface area contributed by atoms with E-state index in [-0.39, 0.29) is 11.9 Å². The van der Waals surface area contributed by atoms with Crippen molar-refractivity contribution in [1.82, 2.24) is 0 Å². The summed E-state index contributed by atoms with van der Waals surface area (Å²) >= 11 is -5.20. The van der Waals surface area contributed by atoms with Gasteiger partial charge in [-0.1, -0.05) is 0 Å². The second kappa shape index (κ2) is 36.3. The first-order valence-electron chi connectivity index (χ1n) is 22.5. The number of hydrogen-bond donors (Lipinski definition) is 0. The fourth-order valence-electron chi connectivity index (χ4n) is 7.29. The van der Waals surface area contributed by atoms with Crippen LogP contribution in [-0.2, 0) is 15.7 Å². The Bertz CT molecular complexity index is 739. The molecule has 0 aliphatic carbocycles. The number of rotatable bonds is 36. The molecule has 0 fully saturated rings. The van der Waals surface area contributed by atoms with E-state index in [1.54, 1.807) is 0 Å². The molecule has 0 aromatic carbocycles. The monoisotopic (exact) mass is 920 g/mol. The summed E-state index contributed by atoms with van der Waals surface area (Å²) in [4.78, 5) is 29.3. The van der Waals surface area contributed by atoms with Crippen LogP contribution in [0, 0.1) is 11.8 Å². The Kier molecular flexibility index (Phi) is 36.5. The van der Waals surface area contributed by atoms with Crippen LogP contribution in [0.15, 0.2) is 11.1 Å². The maximum absolute atomic E-state index is 14.6. The van der Waals surface area contributed by atoms with Crippen LogP contribution in [0.25, 0.3) is 0 Å². The van der Waals surface area contributed by atoms with E-state index in [4.69, 9.17) is 6.15 Å². The summed E-state index contributed by atoms with van der Waals surface area (Å²) in [6.45, 7) is 18.1. The van der Waals surface area contributed by atoms with Crippen LogP contribution >= 0.6 is 0 Å². The quantitative estimate of drug-likeness (QED) is 0.0357. The molecular weight excluding hydrogens is 830 g/mol. The van der Waals surface area contributed by atoms with Gasteiger partial charge in [0.25, 0.3) is 0 Å². The Morgan fingerprint density at radius 3 is 0.920 bits per heavy atom. The maximum atomic E-state index is 14.6. The van der Waals surface area contributed by atoms with E-state index < -0.39 is 40.3 Å². The first-order chi connectivity index (χ1) is 24.3. The number of hydrogen-bond acceptors (Lipinski definition) is 4. The first-order valence-corrected chi connectivity index (χ1v) is 34.5. The standard InChI is InChI=1S/C20H36O4.4C6H13.2Sn.2H/c1-5-9-11-15(7-3)13-17(19(21)22)18(20(23)24)14-16(8-4)12-10-6-2;4*1-3-5-6-4-2;;;;/h15-16H,5-14H2,1-4H3,(H,21,22)(H,23,24);4*1,3-6H2,2H3;;;;/q;;;;;2*+1;;/p-2/b18-17-;;;;;;;;. The van der Waals surface area contributed by atoms with E-state index in [0.717, 1.165) is 67.4 Å². The van der Waals surface area contributed by atoms with Gasteiger partial charge >= 0.3 is 331 Å². The number of unbranched alkanes of at least 4 members (excludes halogenated alkanes) is 14. The van der Waals surface area contributed by atoms with Crippen molar-refractivity contribution in [3.8, 4) is 0 Å². The van der Waals surface area contributed by atoms with Crippen molar-refractivity contribution in [1.29, 1.82) is 0 Å². The minimum atomic E-state index is -2.60. The second-order valence-electron chi connectivity index (χ2n) is 15.7. The van der Waals surface area contributed by atoms with Crippen LogP contribution in [0.1, 0.15) is 222 Å². The van der Waals surface area contributed by atoms with Gasteiger partial charge in [-0.3, -0.25) is 0 Å². The van der Waals surface area contributed by atoms with Crippen LogP contribution in [0.3, 0.4) is 0 Å². The average molecular weight is 919 g/mol. The Morgan fingerprint density at radius 2 is 0.680 bits per heavy atom. The minimum absolute atomic E-state index is 0.110. The Morgan fingerprint density at radius 1 is 0.400 bits per heavy atom. The molecule has 0 bridgehead atoms. The van der Waals surface area contributed by atoms with Gasteiger partial charge in [0, 0.05) is 0 Å². The van der Waals surface area contributed by atoms with Gasteiger partial charge in [0.05, 0.1) is 0 Å². The molecule has 4 nitrogen and oxygen atoms in total. The van der Waals surface area contributed by atoms with E-state index in [2.05, 4.69) is 55.4 Å². The molecule has 0 aromatic heterocycles. The Labute approximate surface area is 328 Å². The predicted molar refractivity (Wildman–Crippen MR) is 225 cm³/mol. The third kappa shape index (κ3) is 26.1. The van der Waals surface area contributed by atoms with E-state index in [9.17, 15) is 9.59 Å². The molecule has 0 aliphatic rings. The molecule has 6 heteroatoms. The van der Waals surface area contributed by atoms with Crippen molar-refractivity contribution < 1.29 is 15.7 Å². The fraction of sp³-hybridized carbons (Fsp3) is 0.909. The van der Waals surface area contributed by atoms with Gasteiger partial charge in [-0.25, -0.2) is 0 Å². The first kappa shape index (κ1) is 50.3. The molecule has 0 saturated carbocycles. The molecule has 50 heavy (non-hydrogen) atoms. The SMILES string of the molecule is CCCCC[CH2][SnH]([CH2]CCCCC)[O]C(=O)/C(CC(CC)CCCC)=C(/CC(CC)CCCC)C(=O)[O][SnH]([CH2]CCCCC)[CH2]CCCCC. The Balaban J connectivity index is 6.79. The third-order valence-corrected chi connectivity index (χ3v) is 26.1. The zero-order valence-electron chi connectivity index (χ0n) is 35.2. The molecule has 2 atom stereocenters. The molecule has 0 rings (SSSR count). The van der Waals surface area contributed by atoms with Crippen molar-refractivity contribution in [3.05, 3.63) is 11.1 Å². The summed E-state index contributed by atoms with van der Waals surface area (Å²) in [6, 6.07) is 0. The molecule has 0 spiro atoms. The average Bonchev–Trinajstić information content (AvgIpc) is 3.12. The molecule has 2 unspecified atom stereocenters. The van der Waals surface area contributed by atoms with Gasteiger partial charge in [0.15, 0.2) is 0 Å². The summed E-state index contributed by atoms with van der Waals surface area (Å²) in [5.74, 6) is 0.589. The van der Waals surface area contributed by atoms with E-state index in [1.807, 2.05) is 0 Å². The van der Waals surface area contributed by atoms with E-state index in [0.29, 0.717) is 24.7 Å². The topological polar surface area (TPSA) is 52.6 Å². The fourth-order valence-corrected chi connectivity index (χ4v) is 21.3. The van der Waals surface area contributed by atoms with Crippen LogP contribution in [0.4, 0.5) is 0 Å². The van der Waals surface area contributed by atoms with Gasteiger partial charge < -0.3 is 0 Å². The van der Waals surface area contributed by atoms with Crippen LogP contribution in [-0.4, -0.2) is 52.3 Å². The molecule has 0 aliphatic heterocycles. The normalized spacial score (nSPS) is 13.5. The van der Waals surface area contributed by atoms with Crippen molar-refractivity contribution in [2.45, 2.75) is 240 Å². The molecule has 296 valence electrons. The summed E-state index contributed by atoms with van der Waals surface area (Å²) in [5.41, 5.74) is 1.47.